The van der Waals surface area contributed by atoms with E-state index in [2.05, 4.69) is 15.4 Å². The van der Waals surface area contributed by atoms with Crippen molar-refractivity contribution in [2.45, 2.75) is 38.5 Å². The quantitative estimate of drug-likeness (QED) is 0.932. The number of rotatable bonds is 4. The predicted molar refractivity (Wildman–Crippen MR) is 89.8 cm³/mol. The first-order valence-corrected chi connectivity index (χ1v) is 8.44. The second kappa shape index (κ2) is 7.08. The zero-order valence-electron chi connectivity index (χ0n) is 14.0. The fourth-order valence-electron chi connectivity index (χ4n) is 3.10. The topological polar surface area (TPSA) is 62.5 Å². The second-order valence-corrected chi connectivity index (χ2v) is 6.50. The van der Waals surface area contributed by atoms with Gasteiger partial charge >= 0.3 is 0 Å². The molecule has 0 aliphatic heterocycles. The maximum Gasteiger partial charge on any atom is 0.256 e. The molecule has 6 heteroatoms. The van der Waals surface area contributed by atoms with Crippen molar-refractivity contribution in [2.24, 2.45) is 0 Å². The van der Waals surface area contributed by atoms with E-state index in [1.807, 2.05) is 29.7 Å². The van der Waals surface area contributed by atoms with E-state index in [1.54, 1.807) is 6.20 Å². The summed E-state index contributed by atoms with van der Waals surface area (Å²) in [6.45, 7) is 1.43. The number of aryl methyl sites for hydroxylation is 2. The van der Waals surface area contributed by atoms with Crippen molar-refractivity contribution in [3.8, 4) is 0 Å². The number of hydrogen-bond donors (Lipinski definition) is 1. The highest BCUT2D eigenvalue weighted by atomic mass is 16.1. The van der Waals surface area contributed by atoms with Crippen molar-refractivity contribution in [1.29, 1.82) is 0 Å². The van der Waals surface area contributed by atoms with Gasteiger partial charge in [0.2, 0.25) is 0 Å². The summed E-state index contributed by atoms with van der Waals surface area (Å²) in [5.74, 6) is -0.0971. The van der Waals surface area contributed by atoms with Gasteiger partial charge in [-0.25, -0.2) is 9.50 Å². The molecule has 0 aromatic carbocycles. The van der Waals surface area contributed by atoms with Crippen LogP contribution in [-0.2, 0) is 12.8 Å². The molecule has 6 nitrogen and oxygen atoms in total. The van der Waals surface area contributed by atoms with Gasteiger partial charge in [-0.15, -0.1) is 0 Å². The van der Waals surface area contributed by atoms with E-state index in [-0.39, 0.29) is 5.91 Å². The van der Waals surface area contributed by atoms with E-state index in [9.17, 15) is 4.79 Å². The van der Waals surface area contributed by atoms with Crippen LogP contribution in [-0.4, -0.2) is 52.6 Å². The van der Waals surface area contributed by atoms with Crippen LogP contribution in [0.4, 0.5) is 0 Å². The Hall–Kier alpha value is -1.95. The van der Waals surface area contributed by atoms with Crippen LogP contribution in [0.5, 0.6) is 0 Å². The number of carbonyl (C=O) groups excluding carboxylic acids is 1. The molecule has 1 aliphatic rings. The Balaban J connectivity index is 1.86. The number of likely N-dealkylation sites (N-methyl/N-ethyl adjacent to an activating group) is 1. The van der Waals surface area contributed by atoms with Crippen LogP contribution in [0.1, 0.15) is 47.3 Å². The van der Waals surface area contributed by atoms with E-state index < -0.39 is 0 Å². The third-order valence-electron chi connectivity index (χ3n) is 4.41. The summed E-state index contributed by atoms with van der Waals surface area (Å²) in [5, 5.41) is 7.39. The zero-order chi connectivity index (χ0) is 16.2. The van der Waals surface area contributed by atoms with Crippen molar-refractivity contribution < 1.29 is 4.79 Å². The van der Waals surface area contributed by atoms with Crippen LogP contribution in [0.2, 0.25) is 0 Å². The number of fused-ring (bicyclic) bond motifs is 3. The molecule has 0 atom stereocenters. The van der Waals surface area contributed by atoms with E-state index in [1.165, 1.54) is 36.9 Å². The van der Waals surface area contributed by atoms with Crippen LogP contribution in [0, 0.1) is 0 Å². The molecule has 2 heterocycles. The molecule has 23 heavy (non-hydrogen) atoms. The Morgan fingerprint density at radius 3 is 2.78 bits per heavy atom. The lowest BCUT2D eigenvalue weighted by molar-refractivity contribution is 0.0952. The summed E-state index contributed by atoms with van der Waals surface area (Å²) >= 11 is 0. The monoisotopic (exact) mass is 315 g/mol. The van der Waals surface area contributed by atoms with Crippen LogP contribution in [0.3, 0.4) is 0 Å². The maximum absolute atomic E-state index is 12.4. The summed E-state index contributed by atoms with van der Waals surface area (Å²) in [7, 11) is 3.97. The fraction of sp³-hybridized carbons (Fsp3) is 0.588. The van der Waals surface area contributed by atoms with Crippen molar-refractivity contribution in [2.75, 3.05) is 27.2 Å². The lowest BCUT2D eigenvalue weighted by Gasteiger charge is -2.14. The van der Waals surface area contributed by atoms with Crippen LogP contribution in [0.25, 0.3) is 5.65 Å². The SMILES string of the molecule is CN(C)CCNC(=O)c1cnn2c3c(cnc12)CCCCCC3. The molecule has 2 aromatic rings. The third kappa shape index (κ3) is 3.52. The van der Waals surface area contributed by atoms with Gasteiger partial charge in [0.15, 0.2) is 5.65 Å². The Morgan fingerprint density at radius 1 is 1.22 bits per heavy atom. The van der Waals surface area contributed by atoms with Crippen molar-refractivity contribution in [3.63, 3.8) is 0 Å². The van der Waals surface area contributed by atoms with Crippen molar-refractivity contribution >= 4 is 11.6 Å². The second-order valence-electron chi connectivity index (χ2n) is 6.50. The lowest BCUT2D eigenvalue weighted by Crippen LogP contribution is -2.31. The molecule has 124 valence electrons. The number of hydrogen-bond acceptors (Lipinski definition) is 4. The third-order valence-corrected chi connectivity index (χ3v) is 4.41. The van der Waals surface area contributed by atoms with E-state index in [0.29, 0.717) is 17.8 Å². The van der Waals surface area contributed by atoms with Gasteiger partial charge in [-0.3, -0.25) is 4.79 Å². The first kappa shape index (κ1) is 15.9. The molecule has 0 spiro atoms. The number of carbonyl (C=O) groups is 1. The first-order chi connectivity index (χ1) is 11.2. The summed E-state index contributed by atoms with van der Waals surface area (Å²) < 4.78 is 1.88. The Kier molecular flexibility index (Phi) is 4.91. The highest BCUT2D eigenvalue weighted by molar-refractivity contribution is 5.99. The van der Waals surface area contributed by atoms with Crippen LogP contribution < -0.4 is 5.32 Å². The first-order valence-electron chi connectivity index (χ1n) is 8.44. The normalized spacial score (nSPS) is 15.3. The Morgan fingerprint density at radius 2 is 2.00 bits per heavy atom. The van der Waals surface area contributed by atoms with E-state index >= 15 is 0 Å². The maximum atomic E-state index is 12.4. The van der Waals surface area contributed by atoms with E-state index in [4.69, 9.17) is 0 Å². The van der Waals surface area contributed by atoms with Crippen LogP contribution in [0.15, 0.2) is 12.4 Å². The molecule has 1 aliphatic carbocycles. The summed E-state index contributed by atoms with van der Waals surface area (Å²) in [6, 6.07) is 0. The highest BCUT2D eigenvalue weighted by Crippen LogP contribution is 2.21. The molecule has 0 radical (unpaired) electrons. The molecule has 0 saturated heterocycles. The minimum Gasteiger partial charge on any atom is -0.351 e. The van der Waals surface area contributed by atoms with Gasteiger partial charge in [-0.2, -0.15) is 5.10 Å². The fourth-order valence-corrected chi connectivity index (χ4v) is 3.10. The number of nitrogens with one attached hydrogen (secondary N) is 1. The van der Waals surface area contributed by atoms with Crippen LogP contribution >= 0.6 is 0 Å². The Bertz CT molecular complexity index is 692. The number of aromatic nitrogens is 3. The van der Waals surface area contributed by atoms with E-state index in [0.717, 1.165) is 19.4 Å². The molecular weight excluding hydrogens is 290 g/mol. The molecule has 0 bridgehead atoms. The van der Waals surface area contributed by atoms with Gasteiger partial charge < -0.3 is 10.2 Å². The average molecular weight is 315 g/mol. The standard InChI is InChI=1S/C17H25N5O/c1-21(2)10-9-18-17(23)14-12-20-22-15-8-6-4-3-5-7-13(15)11-19-16(14)22/h11-12H,3-10H2,1-2H3,(H,18,23). The molecule has 0 saturated carbocycles. The molecule has 0 fully saturated rings. The minimum atomic E-state index is -0.0971. The molecule has 0 unspecified atom stereocenters. The van der Waals surface area contributed by atoms with Gasteiger partial charge in [0, 0.05) is 25.0 Å². The summed E-state index contributed by atoms with van der Waals surface area (Å²) in [5.41, 5.74) is 3.74. The largest absolute Gasteiger partial charge is 0.351 e. The smallest absolute Gasteiger partial charge is 0.256 e. The molecule has 3 rings (SSSR count). The summed E-state index contributed by atoms with van der Waals surface area (Å²) in [4.78, 5) is 18.9. The van der Waals surface area contributed by atoms with Gasteiger partial charge in [-0.1, -0.05) is 12.8 Å². The van der Waals surface area contributed by atoms with Gasteiger partial charge in [0.25, 0.3) is 5.91 Å². The summed E-state index contributed by atoms with van der Waals surface area (Å²) in [6.07, 6.45) is 10.6. The van der Waals surface area contributed by atoms with Gasteiger partial charge in [0.1, 0.15) is 5.56 Å². The highest BCUT2D eigenvalue weighted by Gasteiger charge is 2.18. The molecule has 1 N–H and O–H groups in total. The zero-order valence-corrected chi connectivity index (χ0v) is 14.0. The minimum absolute atomic E-state index is 0.0971. The number of nitrogens with zero attached hydrogens (tertiary/aromatic N) is 4. The van der Waals surface area contributed by atoms with Crippen molar-refractivity contribution in [3.05, 3.63) is 29.2 Å². The average Bonchev–Trinajstić information content (AvgIpc) is 2.91. The lowest BCUT2D eigenvalue weighted by atomic mass is 9.98. The number of amides is 1. The molecule has 1 amide bonds. The van der Waals surface area contributed by atoms with Crippen molar-refractivity contribution in [1.82, 2.24) is 24.8 Å². The predicted octanol–water partition coefficient (Wildman–Crippen LogP) is 1.68. The van der Waals surface area contributed by atoms with Gasteiger partial charge in [-0.05, 0) is 45.3 Å². The molecular formula is C17H25N5O. The molecule has 2 aromatic heterocycles. The van der Waals surface area contributed by atoms with Gasteiger partial charge in [0.05, 0.1) is 6.20 Å². The Labute approximate surface area is 136 Å².